The zero-order chi connectivity index (χ0) is 25.2. The van der Waals surface area contributed by atoms with Crippen LogP contribution in [0.4, 0.5) is 4.39 Å². The lowest BCUT2D eigenvalue weighted by Gasteiger charge is -2.57. The molecule has 0 amide bonds. The predicted octanol–water partition coefficient (Wildman–Crippen LogP) is 5.79. The Bertz CT molecular complexity index is 1150. The molecule has 0 radical (unpaired) electrons. The fraction of sp³-hybridized carbons (Fsp3) is 0.567. The minimum Gasteiger partial charge on any atom is -0.450 e. The third-order valence-electron chi connectivity index (χ3n) is 10.1. The third kappa shape index (κ3) is 3.48. The molecule has 4 aliphatic carbocycles. The van der Waals surface area contributed by atoms with Crippen LogP contribution in [0.3, 0.4) is 0 Å². The maximum Gasteiger partial charge on any atom is 0.311 e. The standard InChI is InChI=1S/C30H35FO4/c1-18-14-26-24-9-8-21-17-23(33)10-12-28(21,3)25(24)11-13-29(26,4)30(18,19(2)32)35-27(34)16-20-6-5-7-22(31)15-20/h5-9,15,17-18,24-26H,10-14,16H2,1-4H3/t18-,24+,25-,26-,28-,29-,30-/m0/s1. The largest absolute Gasteiger partial charge is 0.450 e. The van der Waals surface area contributed by atoms with Crippen LogP contribution in [0, 0.1) is 40.3 Å². The van der Waals surface area contributed by atoms with Gasteiger partial charge in [-0.15, -0.1) is 0 Å². The lowest BCUT2D eigenvalue weighted by Crippen LogP contribution is -2.60. The molecule has 0 spiro atoms. The summed E-state index contributed by atoms with van der Waals surface area (Å²) in [6, 6.07) is 5.96. The number of hydrogen-bond donors (Lipinski definition) is 0. The van der Waals surface area contributed by atoms with Crippen LogP contribution < -0.4 is 0 Å². The molecular weight excluding hydrogens is 443 g/mol. The van der Waals surface area contributed by atoms with E-state index in [1.807, 2.05) is 13.0 Å². The van der Waals surface area contributed by atoms with Gasteiger partial charge in [0.1, 0.15) is 5.82 Å². The van der Waals surface area contributed by atoms with Crippen molar-refractivity contribution in [3.8, 4) is 0 Å². The normalized spacial score (nSPS) is 39.8. The van der Waals surface area contributed by atoms with Gasteiger partial charge in [0.2, 0.25) is 0 Å². The number of esters is 1. The van der Waals surface area contributed by atoms with E-state index in [1.54, 1.807) is 19.1 Å². The van der Waals surface area contributed by atoms with Crippen molar-refractivity contribution in [2.45, 2.75) is 71.8 Å². The predicted molar refractivity (Wildman–Crippen MR) is 131 cm³/mol. The molecule has 1 aromatic carbocycles. The van der Waals surface area contributed by atoms with E-state index in [2.05, 4.69) is 26.0 Å². The first kappa shape index (κ1) is 24.1. The van der Waals surface area contributed by atoms with Gasteiger partial charge in [-0.3, -0.25) is 14.4 Å². The summed E-state index contributed by atoms with van der Waals surface area (Å²) in [6.07, 6.45) is 10.1. The summed E-state index contributed by atoms with van der Waals surface area (Å²) < 4.78 is 19.9. The van der Waals surface area contributed by atoms with Gasteiger partial charge < -0.3 is 4.74 Å². The van der Waals surface area contributed by atoms with Crippen LogP contribution >= 0.6 is 0 Å². The lowest BCUT2D eigenvalue weighted by atomic mass is 9.48. The Balaban J connectivity index is 1.48. The molecule has 5 heteroatoms. The molecule has 2 fully saturated rings. The molecule has 4 nitrogen and oxygen atoms in total. The van der Waals surface area contributed by atoms with E-state index in [4.69, 9.17) is 4.74 Å². The van der Waals surface area contributed by atoms with Crippen molar-refractivity contribution >= 4 is 17.5 Å². The van der Waals surface area contributed by atoms with Crippen molar-refractivity contribution in [2.75, 3.05) is 0 Å². The number of benzene rings is 1. The van der Waals surface area contributed by atoms with E-state index in [-0.39, 0.29) is 41.2 Å². The van der Waals surface area contributed by atoms with Crippen LogP contribution in [0.5, 0.6) is 0 Å². The van der Waals surface area contributed by atoms with Crippen molar-refractivity contribution < 1.29 is 23.5 Å². The molecule has 0 heterocycles. The average molecular weight is 479 g/mol. The topological polar surface area (TPSA) is 60.4 Å². The maximum absolute atomic E-state index is 13.7. The molecule has 0 saturated heterocycles. The monoisotopic (exact) mass is 478 g/mol. The van der Waals surface area contributed by atoms with Crippen LogP contribution in [-0.2, 0) is 25.5 Å². The fourth-order valence-corrected chi connectivity index (χ4v) is 8.40. The molecule has 4 aliphatic rings. The molecule has 1 aromatic rings. The lowest BCUT2D eigenvalue weighted by molar-refractivity contribution is -0.192. The van der Waals surface area contributed by atoms with Gasteiger partial charge in [-0.2, -0.15) is 0 Å². The molecule has 186 valence electrons. The number of allylic oxidation sites excluding steroid dienone is 4. The van der Waals surface area contributed by atoms with E-state index < -0.39 is 22.8 Å². The van der Waals surface area contributed by atoms with Crippen LogP contribution in [-0.4, -0.2) is 23.1 Å². The third-order valence-corrected chi connectivity index (χ3v) is 10.1. The Morgan fingerprint density at radius 1 is 1.17 bits per heavy atom. The van der Waals surface area contributed by atoms with Gasteiger partial charge in [0.15, 0.2) is 17.2 Å². The summed E-state index contributed by atoms with van der Waals surface area (Å²) in [6.45, 7) is 8.02. The summed E-state index contributed by atoms with van der Waals surface area (Å²) in [7, 11) is 0. The van der Waals surface area contributed by atoms with Crippen molar-refractivity contribution in [1.82, 2.24) is 0 Å². The highest BCUT2D eigenvalue weighted by molar-refractivity contribution is 5.92. The van der Waals surface area contributed by atoms with Gasteiger partial charge in [0.05, 0.1) is 6.42 Å². The van der Waals surface area contributed by atoms with E-state index in [0.29, 0.717) is 17.9 Å². The molecule has 7 atom stereocenters. The second-order valence-electron chi connectivity index (χ2n) is 11.8. The Morgan fingerprint density at radius 2 is 1.94 bits per heavy atom. The minimum absolute atomic E-state index is 0.0343. The van der Waals surface area contributed by atoms with Gasteiger partial charge >= 0.3 is 5.97 Å². The molecule has 0 N–H and O–H groups in total. The Hall–Kier alpha value is -2.56. The smallest absolute Gasteiger partial charge is 0.311 e. The van der Waals surface area contributed by atoms with E-state index in [1.165, 1.54) is 12.1 Å². The van der Waals surface area contributed by atoms with Gasteiger partial charge in [-0.05, 0) is 85.1 Å². The average Bonchev–Trinajstić information content (AvgIpc) is 3.02. The number of carbonyl (C=O) groups is 3. The zero-order valence-corrected chi connectivity index (χ0v) is 21.1. The minimum atomic E-state index is -1.19. The van der Waals surface area contributed by atoms with E-state index >= 15 is 0 Å². The maximum atomic E-state index is 13.7. The Labute approximate surface area is 207 Å². The molecular formula is C30H35FO4. The summed E-state index contributed by atoms with van der Waals surface area (Å²) in [5, 5.41) is 0. The zero-order valence-electron chi connectivity index (χ0n) is 21.1. The van der Waals surface area contributed by atoms with Gasteiger partial charge in [0.25, 0.3) is 0 Å². The number of rotatable bonds is 4. The number of halogens is 1. The quantitative estimate of drug-likeness (QED) is 0.514. The SMILES string of the molecule is CC(=O)[C@@]1(OC(=O)Cc2cccc(F)c2)[C@@H](C)C[C@H]2[C@@H]3C=CC4=CC(=O)CC[C@]4(C)[C@H]3CC[C@@]21C. The van der Waals surface area contributed by atoms with Crippen molar-refractivity contribution in [3.05, 3.63) is 59.4 Å². The molecule has 2 saturated carbocycles. The number of ketones is 2. The summed E-state index contributed by atoms with van der Waals surface area (Å²) in [5.74, 6) is -0.00830. The van der Waals surface area contributed by atoms with Crippen molar-refractivity contribution in [2.24, 2.45) is 34.5 Å². The van der Waals surface area contributed by atoms with Crippen LogP contribution in [0.25, 0.3) is 0 Å². The summed E-state index contributed by atoms with van der Waals surface area (Å²) in [4.78, 5) is 38.6. The number of hydrogen-bond acceptors (Lipinski definition) is 4. The van der Waals surface area contributed by atoms with Crippen LogP contribution in [0.15, 0.2) is 48.1 Å². The first-order valence-electron chi connectivity index (χ1n) is 12.9. The second-order valence-corrected chi connectivity index (χ2v) is 11.8. The highest BCUT2D eigenvalue weighted by Gasteiger charge is 2.70. The van der Waals surface area contributed by atoms with Gasteiger partial charge in [-0.1, -0.05) is 45.1 Å². The number of Topliss-reactive ketones (excluding diaryl/α,β-unsaturated/α-hetero) is 1. The van der Waals surface area contributed by atoms with Crippen molar-refractivity contribution in [3.63, 3.8) is 0 Å². The van der Waals surface area contributed by atoms with Crippen LogP contribution in [0.2, 0.25) is 0 Å². The highest BCUT2D eigenvalue weighted by Crippen LogP contribution is 2.68. The first-order valence-corrected chi connectivity index (χ1v) is 12.9. The first-order chi connectivity index (χ1) is 16.5. The summed E-state index contributed by atoms with van der Waals surface area (Å²) >= 11 is 0. The highest BCUT2D eigenvalue weighted by atomic mass is 19.1. The molecule has 0 aromatic heterocycles. The number of fused-ring (bicyclic) bond motifs is 5. The number of carbonyl (C=O) groups excluding carboxylic acids is 3. The Kier molecular flexibility index (Phi) is 5.69. The van der Waals surface area contributed by atoms with Crippen molar-refractivity contribution in [1.29, 1.82) is 0 Å². The number of ether oxygens (including phenoxy) is 1. The molecule has 0 bridgehead atoms. The van der Waals surface area contributed by atoms with Gasteiger partial charge in [-0.25, -0.2) is 4.39 Å². The van der Waals surface area contributed by atoms with E-state index in [9.17, 15) is 18.8 Å². The summed E-state index contributed by atoms with van der Waals surface area (Å²) in [5.41, 5.74) is -0.0276. The van der Waals surface area contributed by atoms with E-state index in [0.717, 1.165) is 31.3 Å². The van der Waals surface area contributed by atoms with Crippen LogP contribution in [0.1, 0.15) is 65.4 Å². The molecule has 5 rings (SSSR count). The molecule has 0 aliphatic heterocycles. The molecule has 0 unspecified atom stereocenters. The fourth-order valence-electron chi connectivity index (χ4n) is 8.40. The molecule has 35 heavy (non-hydrogen) atoms. The Morgan fingerprint density at radius 3 is 2.66 bits per heavy atom. The van der Waals surface area contributed by atoms with Gasteiger partial charge in [0, 0.05) is 17.8 Å². The second kappa shape index (κ2) is 8.25.